The monoisotopic (exact) mass is 362 g/mol. The average Bonchev–Trinajstić information content (AvgIpc) is 3.22. The van der Waals surface area contributed by atoms with Crippen molar-refractivity contribution < 1.29 is 13.6 Å². The highest BCUT2D eigenvalue weighted by Gasteiger charge is 2.32. The molecular formula is C17H23FN6O2. The van der Waals surface area contributed by atoms with Crippen molar-refractivity contribution >= 4 is 11.7 Å². The summed E-state index contributed by atoms with van der Waals surface area (Å²) in [4.78, 5) is 26.8. The van der Waals surface area contributed by atoms with Gasteiger partial charge in [0.1, 0.15) is 17.6 Å². The van der Waals surface area contributed by atoms with E-state index in [2.05, 4.69) is 25.2 Å². The first-order valence-electron chi connectivity index (χ1n) is 8.59. The summed E-state index contributed by atoms with van der Waals surface area (Å²) < 4.78 is 19.0. The molecule has 0 saturated carbocycles. The van der Waals surface area contributed by atoms with Crippen LogP contribution in [0.5, 0.6) is 0 Å². The molecule has 1 saturated heterocycles. The second-order valence-corrected chi connectivity index (χ2v) is 6.78. The number of anilines is 1. The maximum Gasteiger partial charge on any atom is 0.273 e. The highest BCUT2D eigenvalue weighted by Crippen LogP contribution is 2.24. The zero-order valence-electron chi connectivity index (χ0n) is 15.0. The number of nitrogen functional groups attached to an aromatic ring is 1. The lowest BCUT2D eigenvalue weighted by Gasteiger charge is -2.17. The molecule has 3 rings (SSSR count). The van der Waals surface area contributed by atoms with Crippen LogP contribution in [0.3, 0.4) is 0 Å². The summed E-state index contributed by atoms with van der Waals surface area (Å²) in [6, 6.07) is 0. The number of nitrogens with one attached hydrogen (secondary N) is 1. The fourth-order valence-corrected chi connectivity index (χ4v) is 3.04. The fourth-order valence-electron chi connectivity index (χ4n) is 3.04. The lowest BCUT2D eigenvalue weighted by molar-refractivity contribution is 0.0947. The Bertz CT molecular complexity index is 778. The summed E-state index contributed by atoms with van der Waals surface area (Å²) >= 11 is 0. The van der Waals surface area contributed by atoms with Crippen LogP contribution in [0, 0.1) is 6.92 Å². The van der Waals surface area contributed by atoms with Gasteiger partial charge in [0.05, 0.1) is 11.9 Å². The molecular weight excluding hydrogens is 339 g/mol. The summed E-state index contributed by atoms with van der Waals surface area (Å²) in [6.07, 6.45) is 4.21. The van der Waals surface area contributed by atoms with E-state index in [1.165, 1.54) is 12.5 Å². The van der Waals surface area contributed by atoms with Gasteiger partial charge in [-0.2, -0.15) is 0 Å². The van der Waals surface area contributed by atoms with Crippen LogP contribution in [0.15, 0.2) is 16.9 Å². The number of hydrogen-bond donors (Lipinski definition) is 2. The maximum atomic E-state index is 13.8. The molecule has 2 aromatic heterocycles. The standard InChI is InChI=1S/C17H23FN6O2/c1-11-12(16-21-6-9-26-16)23-14(19)13(22-11)15(25)20-5-3-7-24-8-4-17(2,18)10-24/h6,9H,3-5,7-8,10H2,1-2H3,(H2,19,23)(H,20,25). The van der Waals surface area contributed by atoms with Crippen molar-refractivity contribution in [3.05, 3.63) is 23.8 Å². The lowest BCUT2D eigenvalue weighted by atomic mass is 10.1. The topological polar surface area (TPSA) is 110 Å². The number of alkyl halides is 1. The third-order valence-corrected chi connectivity index (χ3v) is 4.39. The smallest absolute Gasteiger partial charge is 0.273 e. The molecule has 3 N–H and O–H groups in total. The number of nitrogens with zero attached hydrogens (tertiary/aromatic N) is 4. The van der Waals surface area contributed by atoms with Crippen LogP contribution in [0.4, 0.5) is 10.2 Å². The number of carbonyl (C=O) groups excluding carboxylic acids is 1. The first-order chi connectivity index (χ1) is 12.4. The van der Waals surface area contributed by atoms with Gasteiger partial charge in [0.2, 0.25) is 5.89 Å². The number of nitrogens with two attached hydrogens (primary N) is 1. The second-order valence-electron chi connectivity index (χ2n) is 6.78. The van der Waals surface area contributed by atoms with E-state index in [1.54, 1.807) is 13.8 Å². The Morgan fingerprint density at radius 2 is 2.31 bits per heavy atom. The average molecular weight is 362 g/mol. The van der Waals surface area contributed by atoms with Crippen LogP contribution in [-0.4, -0.2) is 57.6 Å². The molecule has 1 amide bonds. The van der Waals surface area contributed by atoms with E-state index in [0.717, 1.165) is 19.5 Å². The van der Waals surface area contributed by atoms with Crippen LogP contribution in [-0.2, 0) is 0 Å². The Morgan fingerprint density at radius 3 is 2.96 bits per heavy atom. The number of hydrogen-bond acceptors (Lipinski definition) is 7. The van der Waals surface area contributed by atoms with Crippen molar-refractivity contribution in [1.82, 2.24) is 25.2 Å². The van der Waals surface area contributed by atoms with Crippen LogP contribution in [0.1, 0.15) is 35.9 Å². The minimum absolute atomic E-state index is 0.0223. The van der Waals surface area contributed by atoms with Gasteiger partial charge >= 0.3 is 0 Å². The van der Waals surface area contributed by atoms with Gasteiger partial charge < -0.3 is 15.5 Å². The molecule has 1 fully saturated rings. The predicted octanol–water partition coefficient (Wildman–Crippen LogP) is 1.58. The van der Waals surface area contributed by atoms with E-state index in [4.69, 9.17) is 10.2 Å². The van der Waals surface area contributed by atoms with Crippen LogP contribution >= 0.6 is 0 Å². The first kappa shape index (κ1) is 18.2. The van der Waals surface area contributed by atoms with Crippen molar-refractivity contribution in [1.29, 1.82) is 0 Å². The number of aryl methyl sites for hydroxylation is 1. The van der Waals surface area contributed by atoms with Gasteiger partial charge in [-0.1, -0.05) is 0 Å². The number of carbonyl (C=O) groups is 1. The molecule has 0 aromatic carbocycles. The summed E-state index contributed by atoms with van der Waals surface area (Å²) in [5.41, 5.74) is 5.77. The number of amides is 1. The van der Waals surface area contributed by atoms with Gasteiger partial charge in [0.25, 0.3) is 5.91 Å². The molecule has 1 aliphatic heterocycles. The third-order valence-electron chi connectivity index (χ3n) is 4.39. The van der Waals surface area contributed by atoms with Crippen molar-refractivity contribution in [2.24, 2.45) is 0 Å². The Hall–Kier alpha value is -2.55. The molecule has 140 valence electrons. The predicted molar refractivity (Wildman–Crippen MR) is 94.2 cm³/mol. The van der Waals surface area contributed by atoms with Gasteiger partial charge in [-0.05, 0) is 33.2 Å². The van der Waals surface area contributed by atoms with Crippen molar-refractivity contribution in [2.45, 2.75) is 32.4 Å². The van der Waals surface area contributed by atoms with E-state index in [1.807, 2.05) is 0 Å². The zero-order valence-corrected chi connectivity index (χ0v) is 15.0. The molecule has 3 heterocycles. The fraction of sp³-hybridized carbons (Fsp3) is 0.529. The maximum absolute atomic E-state index is 13.8. The van der Waals surface area contributed by atoms with Crippen molar-refractivity contribution in [3.63, 3.8) is 0 Å². The number of likely N-dealkylation sites (tertiary alicyclic amines) is 1. The Kier molecular flexibility index (Phi) is 5.17. The summed E-state index contributed by atoms with van der Waals surface area (Å²) in [5, 5.41) is 2.79. The van der Waals surface area contributed by atoms with E-state index < -0.39 is 5.67 Å². The number of rotatable bonds is 6. The molecule has 1 atom stereocenters. The normalized spacial score (nSPS) is 20.4. The van der Waals surface area contributed by atoms with Crippen molar-refractivity contribution in [3.8, 4) is 11.6 Å². The molecule has 26 heavy (non-hydrogen) atoms. The molecule has 0 spiro atoms. The van der Waals surface area contributed by atoms with Gasteiger partial charge in [0, 0.05) is 19.6 Å². The molecule has 8 nitrogen and oxygen atoms in total. The highest BCUT2D eigenvalue weighted by molar-refractivity contribution is 5.96. The molecule has 0 radical (unpaired) electrons. The number of oxazole rings is 1. The van der Waals surface area contributed by atoms with Crippen LogP contribution in [0.2, 0.25) is 0 Å². The summed E-state index contributed by atoms with van der Waals surface area (Å²) in [6.45, 7) is 5.73. The van der Waals surface area contributed by atoms with E-state index in [9.17, 15) is 9.18 Å². The van der Waals surface area contributed by atoms with Crippen molar-refractivity contribution in [2.75, 3.05) is 31.9 Å². The number of halogens is 1. The largest absolute Gasteiger partial charge is 0.443 e. The minimum atomic E-state index is -1.10. The molecule has 2 aromatic rings. The first-order valence-corrected chi connectivity index (χ1v) is 8.59. The van der Waals surface area contributed by atoms with E-state index in [-0.39, 0.29) is 17.4 Å². The molecule has 0 aliphatic carbocycles. The Labute approximate surface area is 151 Å². The zero-order chi connectivity index (χ0) is 18.7. The Balaban J connectivity index is 1.54. The van der Waals surface area contributed by atoms with E-state index >= 15 is 0 Å². The minimum Gasteiger partial charge on any atom is -0.443 e. The van der Waals surface area contributed by atoms with Gasteiger partial charge in [-0.3, -0.25) is 9.69 Å². The quantitative estimate of drug-likeness (QED) is 0.751. The second kappa shape index (κ2) is 7.36. The number of aromatic nitrogens is 3. The highest BCUT2D eigenvalue weighted by atomic mass is 19.1. The van der Waals surface area contributed by atoms with Crippen LogP contribution < -0.4 is 11.1 Å². The summed E-state index contributed by atoms with van der Waals surface area (Å²) in [5.74, 6) is -0.0537. The Morgan fingerprint density at radius 1 is 1.50 bits per heavy atom. The van der Waals surface area contributed by atoms with Gasteiger partial charge in [-0.15, -0.1) is 0 Å². The van der Waals surface area contributed by atoms with E-state index in [0.29, 0.717) is 36.8 Å². The van der Waals surface area contributed by atoms with Crippen LogP contribution in [0.25, 0.3) is 11.6 Å². The SMILES string of the molecule is Cc1nc(C(=O)NCCCN2CCC(C)(F)C2)c(N)nc1-c1ncco1. The molecule has 0 bridgehead atoms. The molecule has 1 aliphatic rings. The van der Waals surface area contributed by atoms with Gasteiger partial charge in [-0.25, -0.2) is 19.3 Å². The molecule has 1 unspecified atom stereocenters. The molecule has 9 heteroatoms. The third kappa shape index (κ3) is 4.16. The summed E-state index contributed by atoms with van der Waals surface area (Å²) in [7, 11) is 0. The lowest BCUT2D eigenvalue weighted by Crippen LogP contribution is -2.31. The van der Waals surface area contributed by atoms with Gasteiger partial charge in [0.15, 0.2) is 11.5 Å².